The molecule has 0 radical (unpaired) electrons. The Kier molecular flexibility index (Phi) is 5.98. The number of nitrogens with zero attached hydrogens (tertiary/aromatic N) is 5. The molecule has 3 rings (SSSR count). The average Bonchev–Trinajstić information content (AvgIpc) is 2.83. The normalized spacial score (nSPS) is 24.9. The number of fused-ring (bicyclic) bond motifs is 1. The van der Waals surface area contributed by atoms with Gasteiger partial charge in [-0.3, -0.25) is 14.7 Å². The standard InChI is InChI=1S/C18H29N5O2/c1-14-12-20-15(13-19-14)18(24)23-6-4-16-17(5-7-23)25-11-10-22(16)9-8-21(2)3/h12-13,16-17H,4-11H2,1-3H3. The van der Waals surface area contributed by atoms with Gasteiger partial charge in [-0.2, -0.15) is 0 Å². The molecule has 2 fully saturated rings. The lowest BCUT2D eigenvalue weighted by Gasteiger charge is -2.40. The van der Waals surface area contributed by atoms with E-state index in [1.54, 1.807) is 12.4 Å². The fourth-order valence-electron chi connectivity index (χ4n) is 3.63. The van der Waals surface area contributed by atoms with E-state index in [-0.39, 0.29) is 12.0 Å². The number of likely N-dealkylation sites (tertiary alicyclic amines) is 1. The molecule has 2 aliphatic rings. The molecule has 2 unspecified atom stereocenters. The minimum absolute atomic E-state index is 0.0222. The van der Waals surface area contributed by atoms with E-state index < -0.39 is 0 Å². The number of rotatable bonds is 4. The van der Waals surface area contributed by atoms with Gasteiger partial charge in [-0.05, 0) is 33.9 Å². The molecular weight excluding hydrogens is 318 g/mol. The number of carbonyl (C=O) groups is 1. The highest BCUT2D eigenvalue weighted by Crippen LogP contribution is 2.24. The van der Waals surface area contributed by atoms with E-state index in [2.05, 4.69) is 33.9 Å². The third-order valence-electron chi connectivity index (χ3n) is 5.11. The maximum Gasteiger partial charge on any atom is 0.274 e. The number of amides is 1. The molecule has 7 heteroatoms. The van der Waals surface area contributed by atoms with Gasteiger partial charge in [-0.1, -0.05) is 0 Å². The quantitative estimate of drug-likeness (QED) is 0.797. The molecule has 2 saturated heterocycles. The molecule has 1 aromatic rings. The summed E-state index contributed by atoms with van der Waals surface area (Å²) in [4.78, 5) is 27.8. The fraction of sp³-hybridized carbons (Fsp3) is 0.722. The minimum Gasteiger partial charge on any atom is -0.375 e. The first-order valence-corrected chi connectivity index (χ1v) is 9.13. The lowest BCUT2D eigenvalue weighted by atomic mass is 10.0. The molecule has 1 aromatic heterocycles. The van der Waals surface area contributed by atoms with Crippen molar-refractivity contribution in [2.24, 2.45) is 0 Å². The second kappa shape index (κ2) is 8.21. The molecule has 138 valence electrons. The minimum atomic E-state index is -0.0222. The highest BCUT2D eigenvalue weighted by atomic mass is 16.5. The lowest BCUT2D eigenvalue weighted by Crippen LogP contribution is -2.52. The monoisotopic (exact) mass is 347 g/mol. The van der Waals surface area contributed by atoms with Crippen LogP contribution in [-0.2, 0) is 4.74 Å². The van der Waals surface area contributed by atoms with Crippen molar-refractivity contribution in [2.45, 2.75) is 31.9 Å². The molecule has 0 bridgehead atoms. The first kappa shape index (κ1) is 18.2. The summed E-state index contributed by atoms with van der Waals surface area (Å²) in [5.74, 6) is -0.0222. The van der Waals surface area contributed by atoms with E-state index in [0.717, 1.165) is 57.9 Å². The van der Waals surface area contributed by atoms with Crippen molar-refractivity contribution in [2.75, 3.05) is 53.4 Å². The first-order valence-electron chi connectivity index (χ1n) is 9.13. The van der Waals surface area contributed by atoms with Crippen LogP contribution in [0.5, 0.6) is 0 Å². The molecule has 3 heterocycles. The van der Waals surface area contributed by atoms with Crippen LogP contribution in [-0.4, -0.2) is 96.1 Å². The third-order valence-corrected chi connectivity index (χ3v) is 5.11. The predicted octanol–water partition coefficient (Wildman–Crippen LogP) is 0.652. The van der Waals surface area contributed by atoms with Gasteiger partial charge in [0.1, 0.15) is 5.69 Å². The van der Waals surface area contributed by atoms with Crippen LogP contribution in [0.15, 0.2) is 12.4 Å². The van der Waals surface area contributed by atoms with Crippen molar-refractivity contribution in [3.8, 4) is 0 Å². The summed E-state index contributed by atoms with van der Waals surface area (Å²) >= 11 is 0. The molecule has 0 N–H and O–H groups in total. The fourth-order valence-corrected chi connectivity index (χ4v) is 3.63. The van der Waals surface area contributed by atoms with Gasteiger partial charge in [0, 0.05) is 45.0 Å². The Balaban J connectivity index is 1.64. The van der Waals surface area contributed by atoms with Crippen LogP contribution in [0.1, 0.15) is 29.0 Å². The summed E-state index contributed by atoms with van der Waals surface area (Å²) in [6, 6.07) is 0.399. The molecule has 0 spiro atoms. The molecule has 1 amide bonds. The van der Waals surface area contributed by atoms with Crippen molar-refractivity contribution in [1.82, 2.24) is 24.7 Å². The Hall–Kier alpha value is -1.57. The molecule has 0 saturated carbocycles. The SMILES string of the molecule is Cc1cnc(C(=O)N2CCC3OCCN(CCN(C)C)C3CC2)cn1. The zero-order chi connectivity index (χ0) is 17.8. The lowest BCUT2D eigenvalue weighted by molar-refractivity contribution is -0.0724. The van der Waals surface area contributed by atoms with E-state index in [0.29, 0.717) is 11.7 Å². The molecule has 25 heavy (non-hydrogen) atoms. The maximum absolute atomic E-state index is 12.7. The number of aromatic nitrogens is 2. The van der Waals surface area contributed by atoms with Gasteiger partial charge < -0.3 is 14.5 Å². The van der Waals surface area contributed by atoms with Gasteiger partial charge in [0.2, 0.25) is 0 Å². The zero-order valence-electron chi connectivity index (χ0n) is 15.5. The van der Waals surface area contributed by atoms with Crippen LogP contribution in [0.3, 0.4) is 0 Å². The summed E-state index contributed by atoms with van der Waals surface area (Å²) < 4.78 is 6.03. The van der Waals surface area contributed by atoms with Crippen molar-refractivity contribution in [1.29, 1.82) is 0 Å². The van der Waals surface area contributed by atoms with Crippen LogP contribution < -0.4 is 0 Å². The number of aryl methyl sites for hydroxylation is 1. The molecule has 0 aromatic carbocycles. The summed E-state index contributed by atoms with van der Waals surface area (Å²) in [6.07, 6.45) is 5.28. The molecule has 2 aliphatic heterocycles. The van der Waals surface area contributed by atoms with Crippen molar-refractivity contribution in [3.63, 3.8) is 0 Å². The third kappa shape index (κ3) is 4.54. The largest absolute Gasteiger partial charge is 0.375 e. The maximum atomic E-state index is 12.7. The number of hydrogen-bond acceptors (Lipinski definition) is 6. The molecule has 0 aliphatic carbocycles. The highest BCUT2D eigenvalue weighted by molar-refractivity contribution is 5.92. The second-order valence-corrected chi connectivity index (χ2v) is 7.23. The summed E-state index contributed by atoms with van der Waals surface area (Å²) in [6.45, 7) is 7.20. The van der Waals surface area contributed by atoms with Gasteiger partial charge in [-0.15, -0.1) is 0 Å². The second-order valence-electron chi connectivity index (χ2n) is 7.23. The summed E-state index contributed by atoms with van der Waals surface area (Å²) in [5, 5.41) is 0. The van der Waals surface area contributed by atoms with Crippen molar-refractivity contribution < 1.29 is 9.53 Å². The number of morpholine rings is 1. The molecule has 2 atom stereocenters. The summed E-state index contributed by atoms with van der Waals surface area (Å²) in [7, 11) is 4.21. The number of carbonyl (C=O) groups excluding carboxylic acids is 1. The summed E-state index contributed by atoms with van der Waals surface area (Å²) in [5.41, 5.74) is 1.25. The van der Waals surface area contributed by atoms with Crippen LogP contribution >= 0.6 is 0 Å². The van der Waals surface area contributed by atoms with E-state index in [1.165, 1.54) is 0 Å². The average molecular weight is 347 g/mol. The van der Waals surface area contributed by atoms with E-state index >= 15 is 0 Å². The Morgan fingerprint density at radius 1 is 1.24 bits per heavy atom. The van der Waals surface area contributed by atoms with Crippen molar-refractivity contribution in [3.05, 3.63) is 23.8 Å². The van der Waals surface area contributed by atoms with Gasteiger partial charge in [0.25, 0.3) is 5.91 Å². The van der Waals surface area contributed by atoms with Gasteiger partial charge in [0.15, 0.2) is 0 Å². The Morgan fingerprint density at radius 3 is 2.76 bits per heavy atom. The van der Waals surface area contributed by atoms with E-state index in [4.69, 9.17) is 4.74 Å². The van der Waals surface area contributed by atoms with Crippen LogP contribution in [0.4, 0.5) is 0 Å². The predicted molar refractivity (Wildman–Crippen MR) is 95.6 cm³/mol. The van der Waals surface area contributed by atoms with Gasteiger partial charge in [-0.25, -0.2) is 4.98 Å². The van der Waals surface area contributed by atoms with Gasteiger partial charge >= 0.3 is 0 Å². The first-order chi connectivity index (χ1) is 12.0. The Labute approximate surface area is 150 Å². The number of ether oxygens (including phenoxy) is 1. The Morgan fingerprint density at radius 2 is 2.04 bits per heavy atom. The van der Waals surface area contributed by atoms with Crippen molar-refractivity contribution >= 4 is 5.91 Å². The van der Waals surface area contributed by atoms with E-state index in [1.807, 2.05) is 11.8 Å². The topological polar surface area (TPSA) is 61.8 Å². The van der Waals surface area contributed by atoms with Gasteiger partial charge in [0.05, 0.1) is 24.6 Å². The zero-order valence-corrected chi connectivity index (χ0v) is 15.5. The highest BCUT2D eigenvalue weighted by Gasteiger charge is 2.35. The Bertz CT molecular complexity index is 577. The smallest absolute Gasteiger partial charge is 0.274 e. The number of likely N-dealkylation sites (N-methyl/N-ethyl adjacent to an activating group) is 1. The number of hydrogen-bond donors (Lipinski definition) is 0. The van der Waals surface area contributed by atoms with Crippen LogP contribution in [0, 0.1) is 6.92 Å². The van der Waals surface area contributed by atoms with Crippen LogP contribution in [0.25, 0.3) is 0 Å². The van der Waals surface area contributed by atoms with Crippen LogP contribution in [0.2, 0.25) is 0 Å². The molecular formula is C18H29N5O2. The molecule has 7 nitrogen and oxygen atoms in total. The van der Waals surface area contributed by atoms with E-state index in [9.17, 15) is 4.79 Å².